The van der Waals surface area contributed by atoms with Gasteiger partial charge in [0.1, 0.15) is 0 Å². The number of hydrogen-bond acceptors (Lipinski definition) is 2. The van der Waals surface area contributed by atoms with Crippen molar-refractivity contribution in [3.05, 3.63) is 138 Å². The fraction of sp³-hybridized carbons (Fsp3) is 0.0769. The van der Waals surface area contributed by atoms with Crippen LogP contribution in [0.25, 0.3) is 71.7 Å². The first-order valence-electron chi connectivity index (χ1n) is 14.8. The minimum atomic E-state index is 0.343. The summed E-state index contributed by atoms with van der Waals surface area (Å²) >= 11 is 0. The van der Waals surface area contributed by atoms with Crippen LogP contribution in [0, 0.1) is 0 Å². The summed E-state index contributed by atoms with van der Waals surface area (Å²) in [5.74, 6) is 1.06. The maximum absolute atomic E-state index is 5.14. The van der Waals surface area contributed by atoms with Gasteiger partial charge in [-0.25, -0.2) is 9.97 Å². The lowest BCUT2D eigenvalue weighted by Crippen LogP contribution is -2.06. The average Bonchev–Trinajstić information content (AvgIpc) is 3.16. The van der Waals surface area contributed by atoms with E-state index in [2.05, 4.69) is 108 Å². The van der Waals surface area contributed by atoms with Gasteiger partial charge >= 0.3 is 0 Å². The third-order valence-electron chi connectivity index (χ3n) is 9.61. The normalized spacial score (nSPS) is 15.2. The lowest BCUT2D eigenvalue weighted by molar-refractivity contribution is 0.737. The van der Waals surface area contributed by atoms with Gasteiger partial charge in [-0.15, -0.1) is 0 Å². The van der Waals surface area contributed by atoms with E-state index in [9.17, 15) is 0 Å². The first kappa shape index (κ1) is 22.4. The Hall–Kier alpha value is -5.28. The second-order valence-corrected chi connectivity index (χ2v) is 11.7. The molecule has 1 unspecified atom stereocenters. The van der Waals surface area contributed by atoms with E-state index in [-0.39, 0.29) is 0 Å². The van der Waals surface area contributed by atoms with Crippen molar-refractivity contribution in [3.63, 3.8) is 0 Å². The summed E-state index contributed by atoms with van der Waals surface area (Å²) < 4.78 is 2.33. The molecule has 1 atom stereocenters. The number of nitrogens with zero attached hydrogens (tertiary/aromatic N) is 3. The SMILES string of the molecule is c1ccc2c(c1)-c1cc3c4ccccc4n(-c4ncc5ccccc5n4)c3c3c1CCC2c1cc2ccccc2cc1-3. The van der Waals surface area contributed by atoms with Gasteiger partial charge in [0.25, 0.3) is 0 Å². The molecule has 2 aliphatic carbocycles. The molecular formula is C39H25N3. The third kappa shape index (κ3) is 2.90. The lowest BCUT2D eigenvalue weighted by atomic mass is 9.79. The van der Waals surface area contributed by atoms with Gasteiger partial charge in [0.2, 0.25) is 5.95 Å². The first-order chi connectivity index (χ1) is 20.8. The van der Waals surface area contributed by atoms with Gasteiger partial charge < -0.3 is 0 Å². The van der Waals surface area contributed by atoms with E-state index in [0.717, 1.165) is 35.2 Å². The number of aromatic nitrogens is 3. The fourth-order valence-electron chi connectivity index (χ4n) is 7.81. The van der Waals surface area contributed by atoms with Gasteiger partial charge in [0.15, 0.2) is 0 Å². The van der Waals surface area contributed by atoms with Crippen LogP contribution in [0.3, 0.4) is 0 Å². The number of rotatable bonds is 1. The van der Waals surface area contributed by atoms with Crippen molar-refractivity contribution in [2.45, 2.75) is 18.8 Å². The summed E-state index contributed by atoms with van der Waals surface area (Å²) in [4.78, 5) is 10.1. The molecule has 10 rings (SSSR count). The zero-order valence-electron chi connectivity index (χ0n) is 22.9. The molecule has 6 aromatic carbocycles. The topological polar surface area (TPSA) is 30.7 Å². The molecule has 2 bridgehead atoms. The highest BCUT2D eigenvalue weighted by atomic mass is 15.2. The zero-order valence-corrected chi connectivity index (χ0v) is 22.9. The van der Waals surface area contributed by atoms with Crippen LogP contribution in [-0.4, -0.2) is 14.5 Å². The lowest BCUT2D eigenvalue weighted by Gasteiger charge is -2.25. The minimum absolute atomic E-state index is 0.343. The number of para-hydroxylation sites is 2. The van der Waals surface area contributed by atoms with E-state index in [1.54, 1.807) is 0 Å². The van der Waals surface area contributed by atoms with E-state index in [1.807, 2.05) is 18.3 Å². The number of benzene rings is 6. The van der Waals surface area contributed by atoms with Gasteiger partial charge in [-0.05, 0) is 87.3 Å². The van der Waals surface area contributed by atoms with E-state index in [4.69, 9.17) is 9.97 Å². The van der Waals surface area contributed by atoms with E-state index in [1.165, 1.54) is 66.0 Å². The molecule has 2 heterocycles. The summed E-state index contributed by atoms with van der Waals surface area (Å²) in [6.07, 6.45) is 4.09. The molecule has 0 aliphatic heterocycles. The molecule has 42 heavy (non-hydrogen) atoms. The molecule has 3 heteroatoms. The Bertz CT molecular complexity index is 2430. The maximum Gasteiger partial charge on any atom is 0.235 e. The minimum Gasteiger partial charge on any atom is -0.277 e. The molecule has 196 valence electrons. The third-order valence-corrected chi connectivity index (χ3v) is 9.61. The highest BCUT2D eigenvalue weighted by Crippen LogP contribution is 2.54. The monoisotopic (exact) mass is 535 g/mol. The quantitative estimate of drug-likeness (QED) is 0.209. The van der Waals surface area contributed by atoms with Crippen molar-refractivity contribution in [2.24, 2.45) is 0 Å². The predicted octanol–water partition coefficient (Wildman–Crippen LogP) is 9.61. The Morgan fingerprint density at radius 3 is 2.31 bits per heavy atom. The van der Waals surface area contributed by atoms with E-state index >= 15 is 0 Å². The Morgan fingerprint density at radius 1 is 0.619 bits per heavy atom. The summed E-state index contributed by atoms with van der Waals surface area (Å²) in [7, 11) is 0. The Balaban J connectivity index is 1.45. The molecule has 3 nitrogen and oxygen atoms in total. The second kappa shape index (κ2) is 8.14. The molecule has 8 aromatic rings. The maximum atomic E-state index is 5.14. The van der Waals surface area contributed by atoms with Crippen molar-refractivity contribution in [3.8, 4) is 28.2 Å². The van der Waals surface area contributed by atoms with Gasteiger partial charge in [0.05, 0.1) is 16.6 Å². The highest BCUT2D eigenvalue weighted by Gasteiger charge is 2.34. The molecule has 0 saturated heterocycles. The standard InChI is InChI=1S/C39H25N3/c1-2-10-24-20-33-31(19-23(24)9-1)28-17-18-30-32(27-13-5-4-12-26(27)28)21-34-29-14-6-8-16-36(29)42(38(34)37(30)33)39-40-22-25-11-3-7-15-35(25)41-39/h1-16,19-22,28H,17-18H2. The van der Waals surface area contributed by atoms with Crippen LogP contribution in [0.4, 0.5) is 0 Å². The Labute approximate surface area is 242 Å². The Morgan fingerprint density at radius 2 is 1.38 bits per heavy atom. The van der Waals surface area contributed by atoms with E-state index < -0.39 is 0 Å². The Kier molecular flexibility index (Phi) is 4.35. The van der Waals surface area contributed by atoms with Gasteiger partial charge in [-0.2, -0.15) is 0 Å². The molecule has 0 amide bonds. The predicted molar refractivity (Wildman–Crippen MR) is 172 cm³/mol. The van der Waals surface area contributed by atoms with Crippen LogP contribution in [0.15, 0.2) is 121 Å². The summed E-state index contributed by atoms with van der Waals surface area (Å²) in [6.45, 7) is 0. The molecular weight excluding hydrogens is 510 g/mol. The van der Waals surface area contributed by atoms with Crippen LogP contribution in [0.1, 0.15) is 29.0 Å². The smallest absolute Gasteiger partial charge is 0.235 e. The highest BCUT2D eigenvalue weighted by molar-refractivity contribution is 6.17. The van der Waals surface area contributed by atoms with Crippen LogP contribution in [0.2, 0.25) is 0 Å². The van der Waals surface area contributed by atoms with Crippen LogP contribution < -0.4 is 0 Å². The molecule has 0 saturated carbocycles. The van der Waals surface area contributed by atoms with Crippen molar-refractivity contribution >= 4 is 43.5 Å². The van der Waals surface area contributed by atoms with Crippen molar-refractivity contribution in [2.75, 3.05) is 0 Å². The van der Waals surface area contributed by atoms with Gasteiger partial charge in [-0.1, -0.05) is 84.9 Å². The van der Waals surface area contributed by atoms with E-state index in [0.29, 0.717) is 5.92 Å². The summed E-state index contributed by atoms with van der Waals surface area (Å²) in [5.41, 5.74) is 13.0. The molecule has 0 N–H and O–H groups in total. The molecule has 0 radical (unpaired) electrons. The van der Waals surface area contributed by atoms with Gasteiger partial charge in [0, 0.05) is 33.8 Å². The van der Waals surface area contributed by atoms with Crippen LogP contribution >= 0.6 is 0 Å². The second-order valence-electron chi connectivity index (χ2n) is 11.7. The molecule has 2 aliphatic rings. The van der Waals surface area contributed by atoms with Crippen molar-refractivity contribution in [1.29, 1.82) is 0 Å². The average molecular weight is 536 g/mol. The molecule has 2 aromatic heterocycles. The van der Waals surface area contributed by atoms with Crippen LogP contribution in [-0.2, 0) is 6.42 Å². The zero-order chi connectivity index (χ0) is 27.4. The van der Waals surface area contributed by atoms with Crippen molar-refractivity contribution < 1.29 is 0 Å². The summed E-state index contributed by atoms with van der Waals surface area (Å²) in [5, 5.41) is 6.11. The van der Waals surface area contributed by atoms with Crippen LogP contribution in [0.5, 0.6) is 0 Å². The van der Waals surface area contributed by atoms with Gasteiger partial charge in [-0.3, -0.25) is 4.57 Å². The molecule has 0 spiro atoms. The summed E-state index contributed by atoms with van der Waals surface area (Å²) in [6, 6.07) is 42.3. The first-order valence-corrected chi connectivity index (χ1v) is 14.8. The fourth-order valence-corrected chi connectivity index (χ4v) is 7.81. The molecule has 0 fully saturated rings. The number of hydrogen-bond donors (Lipinski definition) is 0. The largest absolute Gasteiger partial charge is 0.277 e. The number of fused-ring (bicyclic) bond motifs is 14. The van der Waals surface area contributed by atoms with Crippen molar-refractivity contribution in [1.82, 2.24) is 14.5 Å².